The zero-order valence-corrected chi connectivity index (χ0v) is 16.5. The second kappa shape index (κ2) is 10.4. The van der Waals surface area contributed by atoms with Gasteiger partial charge in [0.05, 0.1) is 24.7 Å². The summed E-state index contributed by atoms with van der Waals surface area (Å²) in [7, 11) is 0. The second-order valence-electron chi connectivity index (χ2n) is 6.49. The van der Waals surface area contributed by atoms with Crippen LogP contribution in [-0.2, 0) is 4.74 Å². The normalized spacial score (nSPS) is 16.3. The van der Waals surface area contributed by atoms with Crippen molar-refractivity contribution in [2.45, 2.75) is 45.6 Å². The molecule has 0 amide bonds. The van der Waals surface area contributed by atoms with Gasteiger partial charge in [0.2, 0.25) is 0 Å². The number of halogens is 1. The van der Waals surface area contributed by atoms with Crippen LogP contribution in [0.1, 0.15) is 45.1 Å². The highest BCUT2D eigenvalue weighted by atomic mass is 19.1. The van der Waals surface area contributed by atoms with Crippen molar-refractivity contribution in [3.05, 3.63) is 47.9 Å². The van der Waals surface area contributed by atoms with E-state index in [4.69, 9.17) is 21.2 Å². The number of rotatable bonds is 8. The quantitative estimate of drug-likeness (QED) is 0.400. The Kier molecular flexibility index (Phi) is 7.92. The Morgan fingerprint density at radius 3 is 2.68 bits per heavy atom. The van der Waals surface area contributed by atoms with Crippen molar-refractivity contribution < 1.29 is 9.13 Å². The average Bonchev–Trinajstić information content (AvgIpc) is 2.64. The van der Waals surface area contributed by atoms with Gasteiger partial charge in [0.15, 0.2) is 0 Å². The molecule has 0 unspecified atom stereocenters. The molecule has 150 valence electrons. The molecule has 0 atom stereocenters. The zero-order valence-electron chi connectivity index (χ0n) is 16.5. The molecule has 1 aliphatic carbocycles. The van der Waals surface area contributed by atoms with Gasteiger partial charge in [-0.15, -0.1) is 0 Å². The Morgan fingerprint density at radius 2 is 2.11 bits per heavy atom. The van der Waals surface area contributed by atoms with Crippen LogP contribution < -0.4 is 11.5 Å². The fourth-order valence-electron chi connectivity index (χ4n) is 2.77. The first kappa shape index (κ1) is 21.3. The molecule has 0 bridgehead atoms. The number of aliphatic imine (C=N–C) groups is 3. The van der Waals surface area contributed by atoms with Gasteiger partial charge in [-0.25, -0.2) is 14.4 Å². The molecule has 1 aliphatic rings. The minimum atomic E-state index is -0.398. The van der Waals surface area contributed by atoms with Crippen molar-refractivity contribution in [3.8, 4) is 0 Å². The average molecular weight is 385 g/mol. The van der Waals surface area contributed by atoms with Crippen molar-refractivity contribution in [3.63, 3.8) is 0 Å². The summed E-state index contributed by atoms with van der Waals surface area (Å²) >= 11 is 0. The third-order valence-corrected chi connectivity index (χ3v) is 4.52. The molecule has 7 heteroatoms. The lowest BCUT2D eigenvalue weighted by atomic mass is 9.93. The lowest BCUT2D eigenvalue weighted by Gasteiger charge is -2.22. The molecule has 1 aromatic rings. The molecule has 2 rings (SSSR count). The van der Waals surface area contributed by atoms with Gasteiger partial charge in [0.1, 0.15) is 17.4 Å². The summed E-state index contributed by atoms with van der Waals surface area (Å²) < 4.78 is 19.2. The number of hydrogen-bond acceptors (Lipinski definition) is 4. The number of benzene rings is 1. The highest BCUT2D eigenvalue weighted by Gasteiger charge is 2.17. The van der Waals surface area contributed by atoms with E-state index in [-0.39, 0.29) is 0 Å². The molecule has 1 aromatic carbocycles. The monoisotopic (exact) mass is 385 g/mol. The summed E-state index contributed by atoms with van der Waals surface area (Å²) in [4.78, 5) is 13.4. The number of ether oxygens (including phenoxy) is 1. The maximum absolute atomic E-state index is 13.7. The molecular formula is C21H28FN5O. The molecule has 1 fully saturated rings. The van der Waals surface area contributed by atoms with Crippen LogP contribution in [0, 0.1) is 5.82 Å². The summed E-state index contributed by atoms with van der Waals surface area (Å²) in [6.07, 6.45) is 6.47. The van der Waals surface area contributed by atoms with Crippen LogP contribution >= 0.6 is 0 Å². The van der Waals surface area contributed by atoms with Crippen molar-refractivity contribution in [1.29, 1.82) is 0 Å². The maximum Gasteiger partial charge on any atom is 0.135 e. The summed E-state index contributed by atoms with van der Waals surface area (Å²) in [6, 6.07) is 4.59. The van der Waals surface area contributed by atoms with Gasteiger partial charge in [-0.2, -0.15) is 0 Å². The highest BCUT2D eigenvalue weighted by Crippen LogP contribution is 2.28. The molecule has 6 nitrogen and oxygen atoms in total. The number of nitrogens with zero attached hydrogens (tertiary/aromatic N) is 3. The van der Waals surface area contributed by atoms with E-state index >= 15 is 0 Å². The largest absolute Gasteiger partial charge is 0.494 e. The molecule has 0 saturated heterocycles. The minimum absolute atomic E-state index is 0.342. The first-order valence-electron chi connectivity index (χ1n) is 9.37. The van der Waals surface area contributed by atoms with Gasteiger partial charge in [-0.05, 0) is 63.1 Å². The number of amidine groups is 1. The number of nitrogens with two attached hydrogens (primary N) is 2. The molecule has 0 aliphatic heterocycles. The first-order chi connectivity index (χ1) is 13.5. The topological polar surface area (TPSA) is 98.3 Å². The molecule has 0 radical (unpaired) electrons. The van der Waals surface area contributed by atoms with E-state index in [0.717, 1.165) is 24.1 Å². The summed E-state index contributed by atoms with van der Waals surface area (Å²) in [5, 5.41) is 0. The molecular weight excluding hydrogens is 357 g/mol. The summed E-state index contributed by atoms with van der Waals surface area (Å²) in [6.45, 7) is 8.04. The van der Waals surface area contributed by atoms with Crippen LogP contribution in [0.4, 0.5) is 10.1 Å². The zero-order chi connectivity index (χ0) is 20.5. The van der Waals surface area contributed by atoms with Crippen molar-refractivity contribution in [1.82, 2.24) is 0 Å². The molecule has 0 aromatic heterocycles. The van der Waals surface area contributed by atoms with Gasteiger partial charge in [-0.1, -0.05) is 6.58 Å². The Hall–Kier alpha value is -2.96. The molecule has 28 heavy (non-hydrogen) atoms. The Morgan fingerprint density at radius 1 is 1.36 bits per heavy atom. The van der Waals surface area contributed by atoms with Crippen LogP contribution in [0.3, 0.4) is 0 Å². The van der Waals surface area contributed by atoms with Gasteiger partial charge < -0.3 is 16.2 Å². The lowest BCUT2D eigenvalue weighted by Crippen LogP contribution is -2.18. The summed E-state index contributed by atoms with van der Waals surface area (Å²) in [5.74, 6) is 0.373. The van der Waals surface area contributed by atoms with Gasteiger partial charge in [0, 0.05) is 17.7 Å². The van der Waals surface area contributed by atoms with E-state index in [9.17, 15) is 4.39 Å². The van der Waals surface area contributed by atoms with Crippen LogP contribution in [0.25, 0.3) is 5.76 Å². The van der Waals surface area contributed by atoms with Crippen LogP contribution in [-0.4, -0.2) is 30.5 Å². The Bertz CT molecular complexity index is 822. The molecule has 1 saturated carbocycles. The maximum atomic E-state index is 13.7. The first-order valence-corrected chi connectivity index (χ1v) is 9.37. The van der Waals surface area contributed by atoms with E-state index in [1.54, 1.807) is 6.07 Å². The third-order valence-electron chi connectivity index (χ3n) is 4.52. The van der Waals surface area contributed by atoms with E-state index in [1.165, 1.54) is 31.1 Å². The van der Waals surface area contributed by atoms with Crippen molar-refractivity contribution in [2.75, 3.05) is 6.61 Å². The highest BCUT2D eigenvalue weighted by molar-refractivity contribution is 6.05. The smallest absolute Gasteiger partial charge is 0.135 e. The molecule has 4 N–H and O–H groups in total. The van der Waals surface area contributed by atoms with E-state index < -0.39 is 5.82 Å². The predicted molar refractivity (Wildman–Crippen MR) is 114 cm³/mol. The second-order valence-corrected chi connectivity index (χ2v) is 6.49. The summed E-state index contributed by atoms with van der Waals surface area (Å²) in [5.41, 5.74) is 14.0. The fraction of sp³-hybridized carbons (Fsp3) is 0.381. The van der Waals surface area contributed by atoms with Gasteiger partial charge in [0.25, 0.3) is 0 Å². The van der Waals surface area contributed by atoms with E-state index in [1.807, 2.05) is 13.8 Å². The third kappa shape index (κ3) is 5.77. The molecule has 0 heterocycles. The SMILES string of the molecule is C=C(OCC)c1cc(F)ccc1N=C(CC(=CN)C(C)=NC1CCC1)N=CN. The minimum Gasteiger partial charge on any atom is -0.494 e. The lowest BCUT2D eigenvalue weighted by molar-refractivity contribution is 0.299. The van der Waals surface area contributed by atoms with Crippen LogP contribution in [0.15, 0.2) is 51.5 Å². The van der Waals surface area contributed by atoms with Crippen molar-refractivity contribution >= 4 is 29.3 Å². The predicted octanol–water partition coefficient (Wildman–Crippen LogP) is 4.10. The number of hydrogen-bond donors (Lipinski definition) is 2. The molecule has 0 spiro atoms. The Balaban J connectivity index is 2.34. The van der Waals surface area contributed by atoms with E-state index in [0.29, 0.717) is 41.9 Å². The van der Waals surface area contributed by atoms with Crippen LogP contribution in [0.5, 0.6) is 0 Å². The fourth-order valence-corrected chi connectivity index (χ4v) is 2.77. The van der Waals surface area contributed by atoms with Crippen molar-refractivity contribution in [2.24, 2.45) is 26.4 Å². The standard InChI is InChI=1S/C21H28FN5O/c1-4-28-15(3)19-11-17(22)8-9-20(19)27-21(25-13-24)10-16(12-23)14(2)26-18-6-5-7-18/h8-9,11-13,18H,3-7,10,23H2,1-2H3,(H2,24,25,27). The van der Waals surface area contributed by atoms with E-state index in [2.05, 4.69) is 16.6 Å². The Labute approximate surface area is 165 Å². The van der Waals surface area contributed by atoms with Gasteiger partial charge in [-0.3, -0.25) is 4.99 Å². The van der Waals surface area contributed by atoms with Gasteiger partial charge >= 0.3 is 0 Å². The van der Waals surface area contributed by atoms with Crippen LogP contribution in [0.2, 0.25) is 0 Å².